The van der Waals surface area contributed by atoms with E-state index in [2.05, 4.69) is 4.18 Å². The average molecular weight is 309 g/mol. The van der Waals surface area contributed by atoms with Crippen LogP contribution >= 0.6 is 7.94 Å². The Hall–Kier alpha value is -0.890. The molecule has 7 nitrogen and oxygen atoms in total. The highest BCUT2D eigenvalue weighted by atomic mass is 32.2. The van der Waals surface area contributed by atoms with Crippen molar-refractivity contribution in [3.63, 3.8) is 0 Å². The van der Waals surface area contributed by atoms with Gasteiger partial charge in [0.1, 0.15) is 0 Å². The molecule has 0 unspecified atom stereocenters. The zero-order chi connectivity index (χ0) is 14.8. The summed E-state index contributed by atoms with van der Waals surface area (Å²) in [5.41, 5.74) is 0.815. The van der Waals surface area contributed by atoms with Gasteiger partial charge in [0.2, 0.25) is 5.78 Å². The molecule has 0 aliphatic rings. The van der Waals surface area contributed by atoms with Gasteiger partial charge in [0.05, 0.1) is 4.90 Å². The van der Waals surface area contributed by atoms with Crippen LogP contribution in [0.1, 0.15) is 12.5 Å². The largest absolute Gasteiger partial charge is 0.444 e. The van der Waals surface area contributed by atoms with Crippen LogP contribution in [0, 0.1) is 6.92 Å². The van der Waals surface area contributed by atoms with E-state index in [-0.39, 0.29) is 4.90 Å². The first kappa shape index (κ1) is 16.2. The van der Waals surface area contributed by atoms with Crippen molar-refractivity contribution in [2.24, 2.45) is 0 Å². The van der Waals surface area contributed by atoms with Gasteiger partial charge in [-0.05, 0) is 19.1 Å². The van der Waals surface area contributed by atoms with Crippen LogP contribution < -0.4 is 0 Å². The van der Waals surface area contributed by atoms with E-state index in [0.29, 0.717) is 0 Å². The molecule has 1 aromatic rings. The number of hydrogen-bond acceptors (Lipinski definition) is 7. The SMILES string of the molecule is CC(=O)[C@@H](OS(=O)(=O)c1ccc(C)cc1)[P+](O)(O)O. The molecule has 0 saturated carbocycles. The monoisotopic (exact) mass is 309 g/mol. The number of benzene rings is 1. The van der Waals surface area contributed by atoms with Crippen molar-refractivity contribution >= 4 is 23.8 Å². The van der Waals surface area contributed by atoms with Gasteiger partial charge in [0, 0.05) is 6.92 Å². The lowest BCUT2D eigenvalue weighted by molar-refractivity contribution is -0.121. The topological polar surface area (TPSA) is 121 Å². The van der Waals surface area contributed by atoms with Gasteiger partial charge in [0.15, 0.2) is 0 Å². The Bertz CT molecular complexity index is 559. The molecule has 0 saturated heterocycles. The third-order valence-electron chi connectivity index (χ3n) is 2.19. The van der Waals surface area contributed by atoms with Crippen LogP contribution in [0.2, 0.25) is 0 Å². The maximum absolute atomic E-state index is 11.8. The van der Waals surface area contributed by atoms with Gasteiger partial charge in [-0.3, -0.25) is 4.79 Å². The highest BCUT2D eigenvalue weighted by molar-refractivity contribution is 7.87. The zero-order valence-electron chi connectivity index (χ0n) is 10.2. The van der Waals surface area contributed by atoms with Crippen LogP contribution in [0.4, 0.5) is 0 Å². The van der Waals surface area contributed by atoms with Crippen molar-refractivity contribution in [3.05, 3.63) is 29.8 Å². The van der Waals surface area contributed by atoms with E-state index in [1.54, 1.807) is 6.92 Å². The normalized spacial score (nSPS) is 14.2. The molecule has 0 aliphatic carbocycles. The van der Waals surface area contributed by atoms with E-state index in [1.165, 1.54) is 24.3 Å². The number of carbonyl (C=O) groups excluding carboxylic acids is 1. The van der Waals surface area contributed by atoms with Crippen LogP contribution in [0.3, 0.4) is 0 Å². The summed E-state index contributed by atoms with van der Waals surface area (Å²) in [6.45, 7) is 2.63. The van der Waals surface area contributed by atoms with E-state index in [1.807, 2.05) is 0 Å². The molecule has 0 heterocycles. The third-order valence-corrected chi connectivity index (χ3v) is 4.73. The molecule has 1 rings (SSSR count). The van der Waals surface area contributed by atoms with Gasteiger partial charge in [-0.1, -0.05) is 17.7 Å². The minimum atomic E-state index is -4.76. The van der Waals surface area contributed by atoms with Gasteiger partial charge < -0.3 is 0 Å². The summed E-state index contributed by atoms with van der Waals surface area (Å²) in [4.78, 5) is 37.9. The second kappa shape index (κ2) is 5.62. The summed E-state index contributed by atoms with van der Waals surface area (Å²) in [7, 11) is -9.14. The van der Waals surface area contributed by atoms with Gasteiger partial charge in [-0.15, -0.1) is 0 Å². The Kier molecular flexibility index (Phi) is 4.78. The first-order chi connectivity index (χ1) is 8.54. The van der Waals surface area contributed by atoms with Crippen molar-refractivity contribution in [3.8, 4) is 0 Å². The Labute approximate surface area is 111 Å². The summed E-state index contributed by atoms with van der Waals surface area (Å²) in [5.74, 6) is -3.21. The third kappa shape index (κ3) is 4.31. The summed E-state index contributed by atoms with van der Waals surface area (Å²) in [5, 5.41) is 0. The molecule has 0 aliphatic heterocycles. The Balaban J connectivity index is 3.08. The lowest BCUT2D eigenvalue weighted by Crippen LogP contribution is -2.28. The van der Waals surface area contributed by atoms with Gasteiger partial charge in [-0.2, -0.15) is 23.1 Å². The first-order valence-electron chi connectivity index (χ1n) is 5.11. The molecule has 3 N–H and O–H groups in total. The van der Waals surface area contributed by atoms with E-state index in [9.17, 15) is 13.2 Å². The molecule has 0 radical (unpaired) electrons. The lowest BCUT2D eigenvalue weighted by atomic mass is 10.2. The molecule has 0 fully saturated rings. The first-order valence-corrected chi connectivity index (χ1v) is 8.24. The van der Waals surface area contributed by atoms with Crippen LogP contribution in [0.25, 0.3) is 0 Å². The minimum absolute atomic E-state index is 0.252. The molecule has 9 heteroatoms. The van der Waals surface area contributed by atoms with E-state index in [4.69, 9.17) is 14.7 Å². The van der Waals surface area contributed by atoms with Crippen LogP contribution in [-0.2, 0) is 19.1 Å². The van der Waals surface area contributed by atoms with E-state index in [0.717, 1.165) is 12.5 Å². The summed E-state index contributed by atoms with van der Waals surface area (Å²) < 4.78 is 28.0. The van der Waals surface area contributed by atoms with Crippen molar-refractivity contribution < 1.29 is 32.1 Å². The summed E-state index contributed by atoms with van der Waals surface area (Å²) >= 11 is 0. The molecule has 1 aromatic carbocycles. The standard InChI is InChI=1S/C10H14O7PS/c1-7-3-5-9(6-4-7)19(15,16)17-10(8(2)11)18(12,13)14/h3-6,10,12-14H,1-2H3/q+1/t10-/m0/s1. The molecule has 1 atom stereocenters. The molecule has 0 aromatic heterocycles. The van der Waals surface area contributed by atoms with Crippen molar-refractivity contribution in [1.82, 2.24) is 0 Å². The number of carbonyl (C=O) groups is 1. The zero-order valence-corrected chi connectivity index (χ0v) is 11.9. The predicted octanol–water partition coefficient (Wildman–Crippen LogP) is 0.355. The van der Waals surface area contributed by atoms with Crippen molar-refractivity contribution in [2.45, 2.75) is 24.6 Å². The quantitative estimate of drug-likeness (QED) is 0.530. The number of ketones is 1. The van der Waals surface area contributed by atoms with Crippen LogP contribution in [0.5, 0.6) is 0 Å². The highest BCUT2D eigenvalue weighted by Gasteiger charge is 2.50. The molecule has 0 bridgehead atoms. The Morgan fingerprint density at radius 1 is 1.21 bits per heavy atom. The average Bonchev–Trinajstić information content (AvgIpc) is 2.24. The maximum atomic E-state index is 11.8. The van der Waals surface area contributed by atoms with E-state index < -0.39 is 29.7 Å². The summed E-state index contributed by atoms with van der Waals surface area (Å²) in [6, 6.07) is 5.51. The Morgan fingerprint density at radius 3 is 2.05 bits per heavy atom. The van der Waals surface area contributed by atoms with Gasteiger partial charge >= 0.3 is 23.9 Å². The minimum Gasteiger partial charge on any atom is -0.292 e. The van der Waals surface area contributed by atoms with Crippen LogP contribution in [-0.4, -0.2) is 34.7 Å². The highest BCUT2D eigenvalue weighted by Crippen LogP contribution is 2.51. The molecule has 0 amide bonds. The van der Waals surface area contributed by atoms with Gasteiger partial charge in [0.25, 0.3) is 0 Å². The smallest absolute Gasteiger partial charge is 0.292 e. The van der Waals surface area contributed by atoms with Crippen molar-refractivity contribution in [2.75, 3.05) is 0 Å². The van der Waals surface area contributed by atoms with Gasteiger partial charge in [-0.25, -0.2) is 4.18 Å². The predicted molar refractivity (Wildman–Crippen MR) is 67.5 cm³/mol. The maximum Gasteiger partial charge on any atom is 0.444 e. The van der Waals surface area contributed by atoms with Crippen molar-refractivity contribution in [1.29, 1.82) is 0 Å². The fourth-order valence-electron chi connectivity index (χ4n) is 1.25. The fraction of sp³-hybridized carbons (Fsp3) is 0.300. The lowest BCUT2D eigenvalue weighted by Gasteiger charge is -2.14. The number of hydrogen-bond donors (Lipinski definition) is 3. The second-order valence-corrected chi connectivity index (χ2v) is 7.21. The molecule has 106 valence electrons. The molecular weight excluding hydrogens is 295 g/mol. The number of rotatable bonds is 5. The molecule has 0 spiro atoms. The Morgan fingerprint density at radius 2 is 1.68 bits per heavy atom. The second-order valence-electron chi connectivity index (χ2n) is 3.94. The number of Topliss-reactive ketones (excluding diaryl/α,β-unsaturated/α-hetero) is 1. The molecule has 19 heavy (non-hydrogen) atoms. The van der Waals surface area contributed by atoms with Crippen LogP contribution in [0.15, 0.2) is 29.2 Å². The fourth-order valence-corrected chi connectivity index (χ4v) is 3.50. The number of aryl methyl sites for hydroxylation is 1. The van der Waals surface area contributed by atoms with E-state index >= 15 is 0 Å². The summed E-state index contributed by atoms with van der Waals surface area (Å²) in [6.07, 6.45) is 0. The molecular formula is C10H14O7PS+.